The highest BCUT2D eigenvalue weighted by Crippen LogP contribution is 2.50. The van der Waals surface area contributed by atoms with Gasteiger partial charge in [-0.1, -0.05) is 0 Å². The van der Waals surface area contributed by atoms with Gasteiger partial charge in [-0.05, 0) is 31.9 Å². The van der Waals surface area contributed by atoms with Crippen LogP contribution in [0.4, 0.5) is 13.2 Å². The number of halogens is 3. The molecule has 9 heteroatoms. The molecule has 1 aliphatic heterocycles. The molecule has 1 unspecified atom stereocenters. The van der Waals surface area contributed by atoms with Gasteiger partial charge in [0.25, 0.3) is 0 Å². The molecule has 2 aliphatic rings. The van der Waals surface area contributed by atoms with Crippen molar-refractivity contribution in [2.75, 3.05) is 12.0 Å². The molecule has 0 amide bonds. The number of alkyl halides is 3. The van der Waals surface area contributed by atoms with E-state index in [0.717, 1.165) is 23.3 Å². The number of hydrogen-bond donors (Lipinski definition) is 0. The zero-order valence-electron chi connectivity index (χ0n) is 13.4. The second kappa shape index (κ2) is 6.57. The van der Waals surface area contributed by atoms with E-state index in [1.54, 1.807) is 11.8 Å². The number of nitrogens with zero attached hydrogens (tertiary/aromatic N) is 3. The van der Waals surface area contributed by atoms with Crippen molar-refractivity contribution < 1.29 is 22.7 Å². The summed E-state index contributed by atoms with van der Waals surface area (Å²) in [6, 6.07) is 0. The number of aryl methyl sites for hydroxylation is 1. The summed E-state index contributed by atoms with van der Waals surface area (Å²) >= 11 is 1.59. The highest BCUT2D eigenvalue weighted by Gasteiger charge is 2.53. The fraction of sp³-hybridized carbons (Fsp3) is 0.800. The van der Waals surface area contributed by atoms with Crippen molar-refractivity contribution in [2.45, 2.75) is 62.8 Å². The number of rotatable bonds is 5. The van der Waals surface area contributed by atoms with Crippen molar-refractivity contribution in [3.63, 3.8) is 0 Å². The fourth-order valence-corrected chi connectivity index (χ4v) is 4.08. The largest absolute Gasteiger partial charge is 0.458 e. The molecule has 1 atom stereocenters. The third-order valence-electron chi connectivity index (χ3n) is 4.69. The van der Waals surface area contributed by atoms with Crippen LogP contribution < -0.4 is 0 Å². The van der Waals surface area contributed by atoms with Crippen LogP contribution in [0, 0.1) is 0 Å². The lowest BCUT2D eigenvalue weighted by molar-refractivity contribution is -0.149. The van der Waals surface area contributed by atoms with Crippen LogP contribution in [0.2, 0.25) is 0 Å². The van der Waals surface area contributed by atoms with Gasteiger partial charge in [-0.3, -0.25) is 4.79 Å². The van der Waals surface area contributed by atoms with Crippen molar-refractivity contribution >= 4 is 17.7 Å². The quantitative estimate of drug-likeness (QED) is 0.753. The summed E-state index contributed by atoms with van der Waals surface area (Å²) in [5, 5.41) is 4.06. The molecule has 2 fully saturated rings. The number of carbonyl (C=O) groups is 1. The predicted octanol–water partition coefficient (Wildman–Crippen LogP) is 3.09. The average molecular weight is 363 g/mol. The van der Waals surface area contributed by atoms with E-state index in [0.29, 0.717) is 25.1 Å². The van der Waals surface area contributed by atoms with Gasteiger partial charge in [0.05, 0.1) is 12.3 Å². The summed E-state index contributed by atoms with van der Waals surface area (Å²) in [5.74, 6) is 0.590. The molecular weight excluding hydrogens is 343 g/mol. The van der Waals surface area contributed by atoms with E-state index in [2.05, 4.69) is 10.1 Å². The first kappa shape index (κ1) is 17.6. The molecule has 1 aliphatic carbocycles. The zero-order chi connectivity index (χ0) is 17.4. The third kappa shape index (κ3) is 3.55. The Hall–Kier alpha value is -1.25. The van der Waals surface area contributed by atoms with E-state index in [1.807, 2.05) is 6.26 Å². The van der Waals surface area contributed by atoms with Crippen molar-refractivity contribution in [3.8, 4) is 0 Å². The average Bonchev–Trinajstić information content (AvgIpc) is 3.16. The summed E-state index contributed by atoms with van der Waals surface area (Å²) in [7, 11) is 0. The maximum absolute atomic E-state index is 12.9. The maximum Gasteiger partial charge on any atom is 0.408 e. The van der Waals surface area contributed by atoms with Gasteiger partial charge in [0.15, 0.2) is 5.82 Å². The van der Waals surface area contributed by atoms with Gasteiger partial charge in [-0.25, -0.2) is 9.67 Å². The van der Waals surface area contributed by atoms with E-state index in [1.165, 1.54) is 0 Å². The smallest absolute Gasteiger partial charge is 0.408 e. The Balaban J connectivity index is 1.95. The first-order valence-electron chi connectivity index (χ1n) is 8.04. The molecule has 1 spiro atoms. The van der Waals surface area contributed by atoms with Gasteiger partial charge in [-0.2, -0.15) is 30.0 Å². The van der Waals surface area contributed by atoms with Crippen molar-refractivity contribution in [1.29, 1.82) is 0 Å². The Labute approximate surface area is 142 Å². The van der Waals surface area contributed by atoms with Crippen molar-refractivity contribution in [1.82, 2.24) is 14.8 Å². The minimum atomic E-state index is -4.38. The maximum atomic E-state index is 12.9. The second-order valence-corrected chi connectivity index (χ2v) is 7.39. The minimum Gasteiger partial charge on any atom is -0.458 e. The molecule has 1 saturated carbocycles. The lowest BCUT2D eigenvalue weighted by Gasteiger charge is -2.28. The summed E-state index contributed by atoms with van der Waals surface area (Å²) in [6.45, 7) is -1.19. The molecule has 1 saturated heterocycles. The Kier molecular flexibility index (Phi) is 4.81. The molecule has 0 N–H and O–H groups in total. The van der Waals surface area contributed by atoms with Crippen LogP contribution in [0.15, 0.2) is 0 Å². The first-order valence-corrected chi connectivity index (χ1v) is 9.43. The van der Waals surface area contributed by atoms with E-state index < -0.39 is 24.2 Å². The summed E-state index contributed by atoms with van der Waals surface area (Å²) in [4.78, 5) is 16.2. The second-order valence-electron chi connectivity index (χ2n) is 6.40. The third-order valence-corrected chi connectivity index (χ3v) is 5.30. The topological polar surface area (TPSA) is 57.0 Å². The summed E-state index contributed by atoms with van der Waals surface area (Å²) < 4.78 is 45.3. The first-order chi connectivity index (χ1) is 11.3. The minimum absolute atomic E-state index is 0.0819. The number of ether oxygens (including phenoxy) is 1. The molecule has 1 aromatic heterocycles. The summed E-state index contributed by atoms with van der Waals surface area (Å²) in [5.41, 5.74) is -0.690. The fourth-order valence-electron chi connectivity index (χ4n) is 3.69. The van der Waals surface area contributed by atoms with Crippen molar-refractivity contribution in [2.24, 2.45) is 0 Å². The molecule has 24 heavy (non-hydrogen) atoms. The molecule has 0 aromatic carbocycles. The Morgan fingerprint density at radius 2 is 2.08 bits per heavy atom. The Morgan fingerprint density at radius 1 is 1.38 bits per heavy atom. The van der Waals surface area contributed by atoms with Gasteiger partial charge < -0.3 is 4.74 Å². The SMILES string of the molecule is CSCCc1nc(C2CC(=O)OC23CCCC3)n(CC(F)(F)F)n1. The number of carbonyl (C=O) groups excluding carboxylic acids is 1. The van der Waals surface area contributed by atoms with Crippen LogP contribution in [0.25, 0.3) is 0 Å². The molecule has 3 rings (SSSR count). The molecule has 5 nitrogen and oxygen atoms in total. The van der Waals surface area contributed by atoms with E-state index in [-0.39, 0.29) is 18.2 Å². The zero-order valence-corrected chi connectivity index (χ0v) is 14.3. The lowest BCUT2D eigenvalue weighted by Crippen LogP contribution is -2.33. The Bertz CT molecular complexity index is 612. The van der Waals surface area contributed by atoms with Crippen LogP contribution in [0.1, 0.15) is 49.7 Å². The molecule has 2 heterocycles. The van der Waals surface area contributed by atoms with Crippen LogP contribution in [-0.4, -0.2) is 44.5 Å². The normalized spacial score (nSPS) is 23.2. The van der Waals surface area contributed by atoms with Crippen LogP contribution in [0.5, 0.6) is 0 Å². The predicted molar refractivity (Wildman–Crippen MR) is 82.8 cm³/mol. The van der Waals surface area contributed by atoms with E-state index in [4.69, 9.17) is 4.74 Å². The number of esters is 1. The molecule has 0 bridgehead atoms. The molecular formula is C15H20F3N3O2S. The Morgan fingerprint density at radius 3 is 2.71 bits per heavy atom. The number of hydrogen-bond acceptors (Lipinski definition) is 5. The monoisotopic (exact) mass is 363 g/mol. The molecule has 1 aromatic rings. The molecule has 134 valence electrons. The standard InChI is InChI=1S/C15H20F3N3O2S/c1-24-7-4-11-19-13(21(20-11)9-15(16,17)18)10-8-12(22)23-14(10)5-2-3-6-14/h10H,2-9H2,1H3. The highest BCUT2D eigenvalue weighted by molar-refractivity contribution is 7.98. The van der Waals surface area contributed by atoms with Crippen LogP contribution in [-0.2, 0) is 22.5 Å². The lowest BCUT2D eigenvalue weighted by atomic mass is 9.85. The van der Waals surface area contributed by atoms with Crippen molar-refractivity contribution in [3.05, 3.63) is 11.6 Å². The van der Waals surface area contributed by atoms with Gasteiger partial charge in [0.2, 0.25) is 0 Å². The van der Waals surface area contributed by atoms with E-state index in [9.17, 15) is 18.0 Å². The van der Waals surface area contributed by atoms with Gasteiger partial charge in [0, 0.05) is 12.2 Å². The van der Waals surface area contributed by atoms with Crippen LogP contribution >= 0.6 is 11.8 Å². The molecule has 0 radical (unpaired) electrons. The number of thioether (sulfide) groups is 1. The highest BCUT2D eigenvalue weighted by atomic mass is 32.2. The van der Waals surface area contributed by atoms with Gasteiger partial charge in [-0.15, -0.1) is 0 Å². The number of aromatic nitrogens is 3. The summed E-state index contributed by atoms with van der Waals surface area (Å²) in [6.07, 6.45) is 1.32. The van der Waals surface area contributed by atoms with Crippen LogP contribution in [0.3, 0.4) is 0 Å². The van der Waals surface area contributed by atoms with Gasteiger partial charge in [0.1, 0.15) is 18.0 Å². The van der Waals surface area contributed by atoms with Gasteiger partial charge >= 0.3 is 12.1 Å². The van der Waals surface area contributed by atoms with E-state index >= 15 is 0 Å².